The zero-order valence-electron chi connectivity index (χ0n) is 13.1. The third kappa shape index (κ3) is 3.06. The Bertz CT molecular complexity index is 1060. The lowest BCUT2D eigenvalue weighted by Gasteiger charge is -2.10. The van der Waals surface area contributed by atoms with Crippen LogP contribution in [0, 0.1) is 0 Å². The van der Waals surface area contributed by atoms with Crippen molar-refractivity contribution in [3.8, 4) is 11.5 Å². The molecule has 0 aliphatic heterocycles. The topological polar surface area (TPSA) is 68.0 Å². The van der Waals surface area contributed by atoms with E-state index >= 15 is 0 Å². The van der Waals surface area contributed by atoms with Gasteiger partial charge >= 0.3 is 6.18 Å². The maximum absolute atomic E-state index is 12.9. The van der Waals surface area contributed by atoms with Crippen molar-refractivity contribution < 1.29 is 13.2 Å². The van der Waals surface area contributed by atoms with Gasteiger partial charge in [-0.2, -0.15) is 13.2 Å². The van der Waals surface area contributed by atoms with Crippen LogP contribution in [0.1, 0.15) is 5.69 Å². The molecule has 0 saturated carbocycles. The third-order valence-electron chi connectivity index (χ3n) is 3.60. The molecule has 4 aromatic rings. The van der Waals surface area contributed by atoms with Crippen molar-refractivity contribution in [1.82, 2.24) is 24.6 Å². The van der Waals surface area contributed by atoms with E-state index in [1.54, 1.807) is 42.9 Å². The average molecular weight is 356 g/mol. The highest BCUT2D eigenvalue weighted by Crippen LogP contribution is 2.29. The minimum Gasteiger partial charge on any atom is -0.338 e. The van der Waals surface area contributed by atoms with Crippen LogP contribution in [0.2, 0.25) is 0 Å². The van der Waals surface area contributed by atoms with Gasteiger partial charge < -0.3 is 5.32 Å². The Balaban J connectivity index is 1.82. The number of nitrogens with one attached hydrogen (secondary N) is 1. The summed E-state index contributed by atoms with van der Waals surface area (Å²) in [5, 5.41) is 7.38. The van der Waals surface area contributed by atoms with Crippen LogP contribution in [0.3, 0.4) is 0 Å². The number of rotatable bonds is 3. The van der Waals surface area contributed by atoms with Gasteiger partial charge in [-0.25, -0.2) is 14.5 Å². The standard InChI is InChI=1S/C17H11F3N6/c18-17(19,20)14-5-1-3-12(23-14)15-24-16(13-4-2-10-26(13)25-15)22-11-6-8-21-9-7-11/h1-10H,(H,21,22,24,25). The molecule has 0 radical (unpaired) electrons. The predicted molar refractivity (Wildman–Crippen MR) is 88.7 cm³/mol. The molecule has 0 aromatic carbocycles. The first-order chi connectivity index (χ1) is 12.5. The number of pyridine rings is 2. The molecule has 9 heteroatoms. The van der Waals surface area contributed by atoms with Crippen molar-refractivity contribution in [3.63, 3.8) is 0 Å². The Labute approximate surface area is 145 Å². The Kier molecular flexibility index (Phi) is 3.76. The molecule has 0 saturated heterocycles. The fourth-order valence-corrected chi connectivity index (χ4v) is 2.42. The van der Waals surface area contributed by atoms with Gasteiger partial charge in [-0.3, -0.25) is 4.98 Å². The smallest absolute Gasteiger partial charge is 0.338 e. The molecule has 0 bridgehead atoms. The van der Waals surface area contributed by atoms with Crippen molar-refractivity contribution in [2.24, 2.45) is 0 Å². The molecule has 0 atom stereocenters. The number of hydrogen-bond donors (Lipinski definition) is 1. The third-order valence-corrected chi connectivity index (χ3v) is 3.60. The quantitative estimate of drug-likeness (QED) is 0.602. The van der Waals surface area contributed by atoms with Crippen LogP contribution < -0.4 is 5.32 Å². The van der Waals surface area contributed by atoms with E-state index in [1.807, 2.05) is 0 Å². The highest BCUT2D eigenvalue weighted by atomic mass is 19.4. The Hall–Kier alpha value is -3.49. The van der Waals surface area contributed by atoms with Crippen LogP contribution in [0.4, 0.5) is 24.7 Å². The minimum absolute atomic E-state index is 0.0354. The van der Waals surface area contributed by atoms with E-state index in [9.17, 15) is 13.2 Å². The van der Waals surface area contributed by atoms with Crippen molar-refractivity contribution >= 4 is 17.0 Å². The van der Waals surface area contributed by atoms with Gasteiger partial charge in [0.2, 0.25) is 5.82 Å². The van der Waals surface area contributed by atoms with Gasteiger partial charge in [-0.05, 0) is 36.4 Å². The van der Waals surface area contributed by atoms with Crippen molar-refractivity contribution in [2.75, 3.05) is 5.32 Å². The fraction of sp³-hybridized carbons (Fsp3) is 0.0588. The van der Waals surface area contributed by atoms with E-state index in [1.165, 1.54) is 16.6 Å². The van der Waals surface area contributed by atoms with E-state index in [0.717, 1.165) is 11.8 Å². The Morgan fingerprint density at radius 3 is 2.50 bits per heavy atom. The van der Waals surface area contributed by atoms with E-state index in [-0.39, 0.29) is 11.5 Å². The molecule has 4 aromatic heterocycles. The molecule has 0 amide bonds. The number of fused-ring (bicyclic) bond motifs is 1. The summed E-state index contributed by atoms with van der Waals surface area (Å²) in [6, 6.07) is 10.7. The van der Waals surface area contributed by atoms with E-state index in [4.69, 9.17) is 0 Å². The first-order valence-electron chi connectivity index (χ1n) is 7.58. The summed E-state index contributed by atoms with van der Waals surface area (Å²) in [7, 11) is 0. The van der Waals surface area contributed by atoms with Crippen LogP contribution in [-0.2, 0) is 6.18 Å². The molecule has 1 N–H and O–H groups in total. The molecular weight excluding hydrogens is 345 g/mol. The second-order valence-corrected chi connectivity index (χ2v) is 5.39. The maximum Gasteiger partial charge on any atom is 0.433 e. The molecule has 0 spiro atoms. The predicted octanol–water partition coefficient (Wildman–Crippen LogP) is 3.95. The van der Waals surface area contributed by atoms with Gasteiger partial charge in [-0.1, -0.05) is 6.07 Å². The fourth-order valence-electron chi connectivity index (χ4n) is 2.42. The second kappa shape index (κ2) is 6.10. The molecule has 130 valence electrons. The SMILES string of the molecule is FC(F)(F)c1cccc(-c2nc(Nc3ccncc3)c3cccn3n2)n1. The van der Waals surface area contributed by atoms with E-state index in [2.05, 4.69) is 25.4 Å². The maximum atomic E-state index is 12.9. The summed E-state index contributed by atoms with van der Waals surface area (Å²) in [5.41, 5.74) is 0.463. The molecule has 4 rings (SSSR count). The number of nitrogens with zero attached hydrogens (tertiary/aromatic N) is 5. The Morgan fingerprint density at radius 1 is 0.923 bits per heavy atom. The first-order valence-corrected chi connectivity index (χ1v) is 7.58. The van der Waals surface area contributed by atoms with E-state index in [0.29, 0.717) is 11.3 Å². The number of halogens is 3. The normalized spacial score (nSPS) is 11.7. The average Bonchev–Trinajstić information content (AvgIpc) is 3.11. The Morgan fingerprint density at radius 2 is 1.73 bits per heavy atom. The van der Waals surface area contributed by atoms with Crippen molar-refractivity contribution in [1.29, 1.82) is 0 Å². The lowest BCUT2D eigenvalue weighted by molar-refractivity contribution is -0.141. The minimum atomic E-state index is -4.54. The number of hydrogen-bond acceptors (Lipinski definition) is 5. The van der Waals surface area contributed by atoms with Crippen LogP contribution in [0.15, 0.2) is 61.1 Å². The number of aromatic nitrogens is 5. The molecule has 26 heavy (non-hydrogen) atoms. The molecular formula is C17H11F3N6. The second-order valence-electron chi connectivity index (χ2n) is 5.39. The monoisotopic (exact) mass is 356 g/mol. The van der Waals surface area contributed by atoms with Crippen LogP contribution >= 0.6 is 0 Å². The molecule has 0 aliphatic rings. The van der Waals surface area contributed by atoms with Crippen LogP contribution in [0.5, 0.6) is 0 Å². The zero-order valence-corrected chi connectivity index (χ0v) is 13.1. The summed E-state index contributed by atoms with van der Waals surface area (Å²) in [6.07, 6.45) is 0.389. The van der Waals surface area contributed by atoms with Gasteiger partial charge in [0.1, 0.15) is 16.9 Å². The summed E-state index contributed by atoms with van der Waals surface area (Å²) >= 11 is 0. The lowest BCUT2D eigenvalue weighted by atomic mass is 10.3. The first kappa shape index (κ1) is 16.0. The van der Waals surface area contributed by atoms with E-state index < -0.39 is 11.9 Å². The lowest BCUT2D eigenvalue weighted by Crippen LogP contribution is -2.09. The molecule has 6 nitrogen and oxygen atoms in total. The van der Waals surface area contributed by atoms with Crippen LogP contribution in [-0.4, -0.2) is 24.6 Å². The van der Waals surface area contributed by atoms with Gasteiger partial charge in [0.15, 0.2) is 5.82 Å². The highest BCUT2D eigenvalue weighted by molar-refractivity contribution is 5.74. The molecule has 4 heterocycles. The summed E-state index contributed by atoms with van der Waals surface area (Å²) in [6.45, 7) is 0. The molecule has 0 unspecified atom stereocenters. The summed E-state index contributed by atoms with van der Waals surface area (Å²) in [5.74, 6) is 0.529. The highest BCUT2D eigenvalue weighted by Gasteiger charge is 2.32. The van der Waals surface area contributed by atoms with Gasteiger partial charge in [0, 0.05) is 24.3 Å². The molecule has 0 fully saturated rings. The van der Waals surface area contributed by atoms with Crippen molar-refractivity contribution in [3.05, 3.63) is 66.7 Å². The summed E-state index contributed by atoms with van der Waals surface area (Å²) < 4.78 is 40.3. The number of alkyl halides is 3. The number of anilines is 2. The molecule has 0 aliphatic carbocycles. The van der Waals surface area contributed by atoms with Gasteiger partial charge in [0.25, 0.3) is 0 Å². The summed E-state index contributed by atoms with van der Waals surface area (Å²) in [4.78, 5) is 12.0. The van der Waals surface area contributed by atoms with Gasteiger partial charge in [0.05, 0.1) is 0 Å². The largest absolute Gasteiger partial charge is 0.433 e. The van der Waals surface area contributed by atoms with Crippen molar-refractivity contribution in [2.45, 2.75) is 6.18 Å². The van der Waals surface area contributed by atoms with Crippen LogP contribution in [0.25, 0.3) is 17.0 Å². The van der Waals surface area contributed by atoms with Gasteiger partial charge in [-0.15, -0.1) is 5.10 Å². The zero-order chi connectivity index (χ0) is 18.1.